The zero-order chi connectivity index (χ0) is 17.8. The van der Waals surface area contributed by atoms with Gasteiger partial charge in [-0.25, -0.2) is 4.39 Å². The molecule has 3 aromatic rings. The number of benzene rings is 2. The lowest BCUT2D eigenvalue weighted by Gasteiger charge is -2.11. The van der Waals surface area contributed by atoms with Crippen molar-refractivity contribution in [3.05, 3.63) is 77.3 Å². The second-order valence-electron chi connectivity index (χ2n) is 5.52. The van der Waals surface area contributed by atoms with Crippen LogP contribution in [0, 0.1) is 5.82 Å². The Hall–Kier alpha value is -2.99. The van der Waals surface area contributed by atoms with Crippen LogP contribution >= 0.6 is 0 Å². The summed E-state index contributed by atoms with van der Waals surface area (Å²) in [6.07, 6.45) is -1.22. The molecule has 6 heteroatoms. The van der Waals surface area contributed by atoms with Gasteiger partial charge in [-0.05, 0) is 6.07 Å². The van der Waals surface area contributed by atoms with Crippen LogP contribution in [0.15, 0.2) is 59.1 Å². The highest BCUT2D eigenvalue weighted by Gasteiger charge is 2.26. The summed E-state index contributed by atoms with van der Waals surface area (Å²) in [7, 11) is 1.50. The van der Waals surface area contributed by atoms with E-state index < -0.39 is 11.9 Å². The van der Waals surface area contributed by atoms with Crippen LogP contribution in [0.25, 0.3) is 11.3 Å². The first kappa shape index (κ1) is 16.9. The molecule has 1 heterocycles. The molecular weight excluding hydrogens is 323 g/mol. The summed E-state index contributed by atoms with van der Waals surface area (Å²) in [5.74, 6) is -0.691. The van der Waals surface area contributed by atoms with Gasteiger partial charge in [-0.2, -0.15) is 0 Å². The molecule has 0 radical (unpaired) electrons. The molecule has 25 heavy (non-hydrogen) atoms. The standard InChI is InChI=1S/C19H17FN2O3/c1-21-19(24)17-16(11-15(23)13-9-5-6-10-14(13)20)25-22-18(17)12-7-3-2-4-8-12/h2-10,15,23H,11H2,1H3,(H,21,24). The maximum absolute atomic E-state index is 13.9. The van der Waals surface area contributed by atoms with Crippen molar-refractivity contribution in [1.82, 2.24) is 10.5 Å². The molecule has 2 aromatic carbocycles. The molecule has 0 saturated heterocycles. The number of amides is 1. The Labute approximate surface area is 144 Å². The summed E-state index contributed by atoms with van der Waals surface area (Å²) in [6, 6.07) is 15.1. The van der Waals surface area contributed by atoms with Crippen LogP contribution in [0.3, 0.4) is 0 Å². The highest BCUT2D eigenvalue weighted by atomic mass is 19.1. The highest BCUT2D eigenvalue weighted by Crippen LogP contribution is 2.29. The van der Waals surface area contributed by atoms with Gasteiger partial charge >= 0.3 is 0 Å². The van der Waals surface area contributed by atoms with Crippen molar-refractivity contribution in [1.29, 1.82) is 0 Å². The van der Waals surface area contributed by atoms with Crippen LogP contribution in [-0.4, -0.2) is 23.2 Å². The van der Waals surface area contributed by atoms with Crippen LogP contribution in [0.5, 0.6) is 0 Å². The number of nitrogens with one attached hydrogen (secondary N) is 1. The fraction of sp³-hybridized carbons (Fsp3) is 0.158. The van der Waals surface area contributed by atoms with Crippen LogP contribution < -0.4 is 5.32 Å². The second kappa shape index (κ2) is 7.27. The average molecular weight is 340 g/mol. The monoisotopic (exact) mass is 340 g/mol. The summed E-state index contributed by atoms with van der Waals surface area (Å²) >= 11 is 0. The van der Waals surface area contributed by atoms with E-state index in [-0.39, 0.29) is 29.2 Å². The van der Waals surface area contributed by atoms with Gasteiger partial charge in [0.15, 0.2) is 5.76 Å². The number of aromatic nitrogens is 1. The topological polar surface area (TPSA) is 75.4 Å². The van der Waals surface area contributed by atoms with E-state index in [1.807, 2.05) is 18.2 Å². The van der Waals surface area contributed by atoms with E-state index in [1.165, 1.54) is 19.2 Å². The molecule has 128 valence electrons. The summed E-state index contributed by atoms with van der Waals surface area (Å²) in [5.41, 5.74) is 1.49. The third-order valence-corrected chi connectivity index (χ3v) is 3.91. The predicted octanol–water partition coefficient (Wildman–Crippen LogP) is 3.12. The molecule has 1 unspecified atom stereocenters. The number of hydrogen-bond donors (Lipinski definition) is 2. The molecule has 0 saturated carbocycles. The number of aliphatic hydroxyl groups excluding tert-OH is 1. The maximum Gasteiger partial charge on any atom is 0.256 e. The van der Waals surface area contributed by atoms with Crippen LogP contribution in [-0.2, 0) is 6.42 Å². The lowest BCUT2D eigenvalue weighted by molar-refractivity contribution is 0.0959. The van der Waals surface area contributed by atoms with E-state index >= 15 is 0 Å². The Morgan fingerprint density at radius 3 is 2.56 bits per heavy atom. The van der Waals surface area contributed by atoms with E-state index in [9.17, 15) is 14.3 Å². The van der Waals surface area contributed by atoms with Crippen molar-refractivity contribution in [3.63, 3.8) is 0 Å². The van der Waals surface area contributed by atoms with Gasteiger partial charge in [0.2, 0.25) is 0 Å². The number of aliphatic hydroxyl groups is 1. The first-order valence-corrected chi connectivity index (χ1v) is 7.80. The Kier molecular flexibility index (Phi) is 4.90. The molecule has 1 amide bonds. The summed E-state index contributed by atoms with van der Waals surface area (Å²) < 4.78 is 19.2. The first-order valence-electron chi connectivity index (χ1n) is 7.80. The largest absolute Gasteiger partial charge is 0.388 e. The van der Waals surface area contributed by atoms with Crippen LogP contribution in [0.4, 0.5) is 4.39 Å². The lowest BCUT2D eigenvalue weighted by atomic mass is 9.99. The van der Waals surface area contributed by atoms with Crippen molar-refractivity contribution in [2.75, 3.05) is 7.05 Å². The molecule has 0 bridgehead atoms. The van der Waals surface area contributed by atoms with Gasteiger partial charge in [-0.3, -0.25) is 4.79 Å². The predicted molar refractivity (Wildman–Crippen MR) is 90.4 cm³/mol. The fourth-order valence-electron chi connectivity index (χ4n) is 2.65. The van der Waals surface area contributed by atoms with Crippen LogP contribution in [0.1, 0.15) is 27.8 Å². The molecule has 1 aromatic heterocycles. The molecule has 0 spiro atoms. The summed E-state index contributed by atoms with van der Waals surface area (Å²) in [5, 5.41) is 16.9. The quantitative estimate of drug-likeness (QED) is 0.748. The SMILES string of the molecule is CNC(=O)c1c(-c2ccccc2)noc1CC(O)c1ccccc1F. The van der Waals surface area contributed by atoms with E-state index in [4.69, 9.17) is 4.52 Å². The number of rotatable bonds is 5. The zero-order valence-corrected chi connectivity index (χ0v) is 13.6. The highest BCUT2D eigenvalue weighted by molar-refractivity contribution is 6.00. The minimum Gasteiger partial charge on any atom is -0.388 e. The van der Waals surface area contributed by atoms with E-state index in [0.717, 1.165) is 5.56 Å². The molecule has 0 aliphatic rings. The number of carbonyl (C=O) groups is 1. The third-order valence-electron chi connectivity index (χ3n) is 3.91. The lowest BCUT2D eigenvalue weighted by Crippen LogP contribution is -2.20. The molecular formula is C19H17FN2O3. The number of halogens is 1. The van der Waals surface area contributed by atoms with Gasteiger partial charge in [0.1, 0.15) is 17.1 Å². The van der Waals surface area contributed by atoms with Gasteiger partial charge in [-0.1, -0.05) is 53.7 Å². The van der Waals surface area contributed by atoms with Crippen molar-refractivity contribution in [3.8, 4) is 11.3 Å². The van der Waals surface area contributed by atoms with Gasteiger partial charge in [0.05, 0.1) is 6.10 Å². The molecule has 5 nitrogen and oxygen atoms in total. The molecule has 3 rings (SSSR count). The normalized spacial score (nSPS) is 12.0. The van der Waals surface area contributed by atoms with Crippen molar-refractivity contribution in [2.45, 2.75) is 12.5 Å². The molecule has 0 fully saturated rings. The van der Waals surface area contributed by atoms with E-state index in [0.29, 0.717) is 5.69 Å². The van der Waals surface area contributed by atoms with E-state index in [2.05, 4.69) is 10.5 Å². The Morgan fingerprint density at radius 1 is 1.20 bits per heavy atom. The van der Waals surface area contributed by atoms with Crippen molar-refractivity contribution >= 4 is 5.91 Å². The Bertz CT molecular complexity index is 877. The smallest absolute Gasteiger partial charge is 0.256 e. The fourth-order valence-corrected chi connectivity index (χ4v) is 2.65. The number of carbonyl (C=O) groups excluding carboxylic acids is 1. The van der Waals surface area contributed by atoms with Crippen molar-refractivity contribution < 1.29 is 18.8 Å². The molecule has 2 N–H and O–H groups in total. The van der Waals surface area contributed by atoms with Gasteiger partial charge < -0.3 is 14.9 Å². The molecule has 0 aliphatic carbocycles. The average Bonchev–Trinajstić information content (AvgIpc) is 3.05. The maximum atomic E-state index is 13.9. The third kappa shape index (κ3) is 3.44. The zero-order valence-electron chi connectivity index (χ0n) is 13.6. The summed E-state index contributed by atoms with van der Waals surface area (Å²) in [6.45, 7) is 0. The molecule has 0 aliphatic heterocycles. The van der Waals surface area contributed by atoms with E-state index in [1.54, 1.807) is 24.3 Å². The summed E-state index contributed by atoms with van der Waals surface area (Å²) in [4.78, 5) is 12.3. The minimum atomic E-state index is -1.15. The van der Waals surface area contributed by atoms with Crippen LogP contribution in [0.2, 0.25) is 0 Å². The second-order valence-corrected chi connectivity index (χ2v) is 5.52. The number of nitrogens with zero attached hydrogens (tertiary/aromatic N) is 1. The van der Waals surface area contributed by atoms with Gasteiger partial charge in [0.25, 0.3) is 5.91 Å². The van der Waals surface area contributed by atoms with Crippen molar-refractivity contribution in [2.24, 2.45) is 0 Å². The van der Waals surface area contributed by atoms with Gasteiger partial charge in [-0.15, -0.1) is 0 Å². The minimum absolute atomic E-state index is 0.0660. The first-order chi connectivity index (χ1) is 12.1. The molecule has 1 atom stereocenters. The Morgan fingerprint density at radius 2 is 1.88 bits per heavy atom. The Balaban J connectivity index is 1.98. The van der Waals surface area contributed by atoms with Gasteiger partial charge in [0, 0.05) is 24.6 Å². The number of hydrogen-bond acceptors (Lipinski definition) is 4.